The highest BCUT2D eigenvalue weighted by Gasteiger charge is 2.51. The predicted molar refractivity (Wildman–Crippen MR) is 169 cm³/mol. The quantitative estimate of drug-likeness (QED) is 0.210. The average molecular weight is 561 g/mol. The second kappa shape index (κ2) is 9.70. The third-order valence-electron chi connectivity index (χ3n) is 10.3. The standard InChI is InChI=1S/C38H32N4O/c1-2-5-28(6-3-1)35-40-36(29-11-9-27(10-12-29)32-7-4-8-33-34(32)39-23-43-33)42-37(41-35)30-13-15-31(16-14-30)38-20-24-17-25(21-38)19-26(18-24)22-38/h1-16,23-26H,17-22H2. The Bertz CT molecular complexity index is 1910. The van der Waals surface area contributed by atoms with E-state index >= 15 is 0 Å². The van der Waals surface area contributed by atoms with E-state index in [1.807, 2.05) is 30.3 Å². The van der Waals surface area contributed by atoms with Crippen LogP contribution in [0.3, 0.4) is 0 Å². The van der Waals surface area contributed by atoms with E-state index in [4.69, 9.17) is 19.4 Å². The summed E-state index contributed by atoms with van der Waals surface area (Å²) in [5.41, 5.74) is 8.61. The van der Waals surface area contributed by atoms with Gasteiger partial charge in [-0.25, -0.2) is 19.9 Å². The molecule has 0 aliphatic heterocycles. The molecule has 0 saturated heterocycles. The van der Waals surface area contributed by atoms with Gasteiger partial charge in [0.25, 0.3) is 0 Å². The molecule has 5 heteroatoms. The Balaban J connectivity index is 1.09. The summed E-state index contributed by atoms with van der Waals surface area (Å²) in [7, 11) is 0. The van der Waals surface area contributed by atoms with Crippen molar-refractivity contribution >= 4 is 11.1 Å². The van der Waals surface area contributed by atoms with Crippen molar-refractivity contribution in [1.29, 1.82) is 0 Å². The van der Waals surface area contributed by atoms with Gasteiger partial charge >= 0.3 is 0 Å². The van der Waals surface area contributed by atoms with Crippen molar-refractivity contribution in [2.45, 2.75) is 43.9 Å². The van der Waals surface area contributed by atoms with Crippen LogP contribution in [0.15, 0.2) is 108 Å². The first-order valence-corrected chi connectivity index (χ1v) is 15.5. The molecule has 4 saturated carbocycles. The summed E-state index contributed by atoms with van der Waals surface area (Å²) in [6.45, 7) is 0. The molecule has 10 rings (SSSR count). The normalized spacial score (nSPS) is 24.0. The van der Waals surface area contributed by atoms with E-state index < -0.39 is 0 Å². The summed E-state index contributed by atoms with van der Waals surface area (Å²) >= 11 is 0. The first-order chi connectivity index (χ1) is 21.2. The van der Waals surface area contributed by atoms with Crippen LogP contribution < -0.4 is 0 Å². The maximum Gasteiger partial charge on any atom is 0.182 e. The van der Waals surface area contributed by atoms with Gasteiger partial charge in [-0.05, 0) is 78.9 Å². The van der Waals surface area contributed by atoms with Crippen molar-refractivity contribution in [2.75, 3.05) is 0 Å². The molecule has 4 bridgehead atoms. The average Bonchev–Trinajstić information content (AvgIpc) is 3.54. The lowest BCUT2D eigenvalue weighted by Gasteiger charge is -2.57. The summed E-state index contributed by atoms with van der Waals surface area (Å²) in [4.78, 5) is 19.4. The maximum absolute atomic E-state index is 5.51. The van der Waals surface area contributed by atoms with Crippen molar-refractivity contribution < 1.29 is 4.42 Å². The minimum atomic E-state index is 0.380. The van der Waals surface area contributed by atoms with Crippen molar-refractivity contribution in [3.8, 4) is 45.3 Å². The van der Waals surface area contributed by atoms with Crippen LogP contribution >= 0.6 is 0 Å². The number of hydrogen-bond donors (Lipinski definition) is 0. The van der Waals surface area contributed by atoms with E-state index in [2.05, 4.69) is 71.7 Å². The molecule has 5 nitrogen and oxygen atoms in total. The summed E-state index contributed by atoms with van der Waals surface area (Å²) in [6.07, 6.45) is 9.99. The largest absolute Gasteiger partial charge is 0.443 e. The molecule has 0 N–H and O–H groups in total. The third kappa shape index (κ3) is 4.29. The highest BCUT2D eigenvalue weighted by atomic mass is 16.3. The van der Waals surface area contributed by atoms with Crippen LogP contribution in [0.4, 0.5) is 0 Å². The molecule has 4 fully saturated rings. The van der Waals surface area contributed by atoms with Crippen molar-refractivity contribution in [3.05, 3.63) is 109 Å². The molecule has 4 aliphatic rings. The van der Waals surface area contributed by atoms with Crippen LogP contribution in [-0.2, 0) is 5.41 Å². The highest BCUT2D eigenvalue weighted by molar-refractivity contribution is 5.90. The lowest BCUT2D eigenvalue weighted by Crippen LogP contribution is -2.48. The van der Waals surface area contributed by atoms with Crippen molar-refractivity contribution in [3.63, 3.8) is 0 Å². The van der Waals surface area contributed by atoms with E-state index in [-0.39, 0.29) is 0 Å². The topological polar surface area (TPSA) is 64.7 Å². The van der Waals surface area contributed by atoms with Gasteiger partial charge in [-0.2, -0.15) is 0 Å². The lowest BCUT2D eigenvalue weighted by atomic mass is 9.48. The van der Waals surface area contributed by atoms with Crippen LogP contribution in [0.5, 0.6) is 0 Å². The Labute approximate surface area is 251 Å². The van der Waals surface area contributed by atoms with Gasteiger partial charge in [-0.15, -0.1) is 0 Å². The SMILES string of the molecule is c1ccc(-c2nc(-c3ccc(-c4cccc5ocnc45)cc3)nc(-c3ccc(C45CC6CC(CC(C6)C4)C5)cc3)n2)cc1. The fourth-order valence-corrected chi connectivity index (χ4v) is 8.71. The van der Waals surface area contributed by atoms with Gasteiger partial charge in [0.1, 0.15) is 5.52 Å². The van der Waals surface area contributed by atoms with Crippen LogP contribution in [0.1, 0.15) is 44.1 Å². The monoisotopic (exact) mass is 560 g/mol. The van der Waals surface area contributed by atoms with Crippen LogP contribution in [0.2, 0.25) is 0 Å². The number of fused-ring (bicyclic) bond motifs is 1. The predicted octanol–water partition coefficient (Wildman–Crippen LogP) is 9.15. The number of para-hydroxylation sites is 1. The second-order valence-corrected chi connectivity index (χ2v) is 13.0. The van der Waals surface area contributed by atoms with E-state index in [0.29, 0.717) is 22.9 Å². The van der Waals surface area contributed by atoms with E-state index in [1.165, 1.54) is 50.5 Å². The zero-order chi connectivity index (χ0) is 28.4. The smallest absolute Gasteiger partial charge is 0.182 e. The van der Waals surface area contributed by atoms with E-state index in [9.17, 15) is 0 Å². The zero-order valence-corrected chi connectivity index (χ0v) is 24.0. The van der Waals surface area contributed by atoms with Crippen LogP contribution in [-0.4, -0.2) is 19.9 Å². The Morgan fingerprint density at radius 2 is 1.07 bits per heavy atom. The zero-order valence-electron chi connectivity index (χ0n) is 24.0. The molecule has 0 radical (unpaired) electrons. The first kappa shape index (κ1) is 24.9. The number of aromatic nitrogens is 4. The molecule has 2 heterocycles. The molecule has 2 aromatic heterocycles. The van der Waals surface area contributed by atoms with Gasteiger partial charge in [0.2, 0.25) is 0 Å². The summed E-state index contributed by atoms with van der Waals surface area (Å²) in [5.74, 6) is 4.85. The van der Waals surface area contributed by atoms with Gasteiger partial charge in [-0.1, -0.05) is 91.0 Å². The van der Waals surface area contributed by atoms with Gasteiger partial charge in [-0.3, -0.25) is 0 Å². The number of hydrogen-bond acceptors (Lipinski definition) is 5. The molecule has 4 aromatic carbocycles. The van der Waals surface area contributed by atoms with E-state index in [1.54, 1.807) is 0 Å². The fraction of sp³-hybridized carbons (Fsp3) is 0.263. The number of rotatable bonds is 5. The Kier molecular flexibility index (Phi) is 5.62. The Hall–Kier alpha value is -4.64. The summed E-state index contributed by atoms with van der Waals surface area (Å²) < 4.78 is 5.51. The van der Waals surface area contributed by atoms with Crippen LogP contribution in [0.25, 0.3) is 56.4 Å². The minimum Gasteiger partial charge on any atom is -0.443 e. The van der Waals surface area contributed by atoms with Crippen molar-refractivity contribution in [2.24, 2.45) is 17.8 Å². The minimum absolute atomic E-state index is 0.380. The molecule has 6 aromatic rings. The highest BCUT2D eigenvalue weighted by Crippen LogP contribution is 2.60. The molecular weight excluding hydrogens is 528 g/mol. The van der Waals surface area contributed by atoms with E-state index in [0.717, 1.165) is 56.7 Å². The first-order valence-electron chi connectivity index (χ1n) is 15.5. The molecule has 0 unspecified atom stereocenters. The lowest BCUT2D eigenvalue weighted by molar-refractivity contribution is -0.00518. The molecule has 43 heavy (non-hydrogen) atoms. The Morgan fingerprint density at radius 1 is 0.535 bits per heavy atom. The van der Waals surface area contributed by atoms with Gasteiger partial charge in [0, 0.05) is 22.3 Å². The molecule has 0 amide bonds. The number of benzene rings is 4. The molecule has 0 spiro atoms. The molecule has 4 aliphatic carbocycles. The fourth-order valence-electron chi connectivity index (χ4n) is 8.71. The number of nitrogens with zero attached hydrogens (tertiary/aromatic N) is 4. The molecular formula is C38H32N4O. The summed E-state index contributed by atoms with van der Waals surface area (Å²) in [5, 5.41) is 0. The van der Waals surface area contributed by atoms with Crippen molar-refractivity contribution in [1.82, 2.24) is 19.9 Å². The summed E-state index contributed by atoms with van der Waals surface area (Å²) in [6, 6.07) is 33.8. The molecule has 0 atom stereocenters. The van der Waals surface area contributed by atoms with Gasteiger partial charge in [0.05, 0.1) is 0 Å². The Morgan fingerprint density at radius 3 is 1.67 bits per heavy atom. The molecule has 210 valence electrons. The number of oxazole rings is 1. The van der Waals surface area contributed by atoms with Crippen LogP contribution in [0, 0.1) is 17.8 Å². The third-order valence-corrected chi connectivity index (χ3v) is 10.3. The van der Waals surface area contributed by atoms with Gasteiger partial charge < -0.3 is 4.42 Å². The maximum atomic E-state index is 5.51. The van der Waals surface area contributed by atoms with Gasteiger partial charge in [0.15, 0.2) is 29.4 Å². The second-order valence-electron chi connectivity index (χ2n) is 13.0.